The molecular weight excluding hydrogens is 452 g/mol. The van der Waals surface area contributed by atoms with Gasteiger partial charge in [0, 0.05) is 0 Å². The van der Waals surface area contributed by atoms with Crippen molar-refractivity contribution < 1.29 is 48.0 Å². The summed E-state index contributed by atoms with van der Waals surface area (Å²) < 4.78 is 4.77. The van der Waals surface area contributed by atoms with Crippen LogP contribution >= 0.6 is 0 Å². The van der Waals surface area contributed by atoms with Gasteiger partial charge in [-0.1, -0.05) is 0 Å². The van der Waals surface area contributed by atoms with E-state index in [0.717, 1.165) is 0 Å². The number of allylic oxidation sites excluding steroid dienone is 5. The molecule has 1 nitrogen and oxygen atoms in total. The monoisotopic (exact) mass is 469 g/mol. The molecule has 2 aromatic carbocycles. The second kappa shape index (κ2) is 8.35. The maximum atomic E-state index is 2.43. The molecule has 27 heavy (non-hydrogen) atoms. The van der Waals surface area contributed by atoms with E-state index < -0.39 is 23.2 Å². The van der Waals surface area contributed by atoms with E-state index in [-0.39, 0.29) is 24.8 Å². The molecule has 2 aliphatic carbocycles. The van der Waals surface area contributed by atoms with Crippen LogP contribution in [0.3, 0.4) is 0 Å². The standard InChI is InChI=1S/C17H12N.C6H7.2ClH.Zr/c1-2-7-15-12-16(11-14(15)6-1)18-10-9-13-5-3-4-8-17(13)18;1-6-4-2-3-5-6;;;/h1-12H;2,4H,3H2,1H3;2*1H;/q;;;;+2/p-2. The van der Waals surface area contributed by atoms with Crippen molar-refractivity contribution in [3.05, 3.63) is 92.9 Å². The van der Waals surface area contributed by atoms with Crippen LogP contribution in [-0.4, -0.2) is 4.57 Å². The van der Waals surface area contributed by atoms with Crippen molar-refractivity contribution in [3.8, 4) is 0 Å². The molecule has 0 radical (unpaired) electrons. The van der Waals surface area contributed by atoms with E-state index in [9.17, 15) is 0 Å². The van der Waals surface area contributed by atoms with Crippen molar-refractivity contribution in [2.24, 2.45) is 0 Å². The first-order valence-electron chi connectivity index (χ1n) is 8.81. The van der Waals surface area contributed by atoms with Gasteiger partial charge in [0.15, 0.2) is 0 Å². The number of benzene rings is 2. The molecule has 1 heterocycles. The number of halogens is 2. The Bertz CT molecular complexity index is 1070. The van der Waals surface area contributed by atoms with Gasteiger partial charge in [-0.05, 0) is 0 Å². The predicted molar refractivity (Wildman–Crippen MR) is 102 cm³/mol. The molecule has 0 spiro atoms. The van der Waals surface area contributed by atoms with E-state index in [1.165, 1.54) is 39.7 Å². The van der Waals surface area contributed by atoms with Crippen molar-refractivity contribution in [1.82, 2.24) is 4.57 Å². The summed E-state index contributed by atoms with van der Waals surface area (Å²) in [6.07, 6.45) is 10.5. The van der Waals surface area contributed by atoms with Crippen LogP contribution in [0.25, 0.3) is 22.7 Å². The van der Waals surface area contributed by atoms with Crippen molar-refractivity contribution in [2.45, 2.75) is 17.0 Å². The van der Waals surface area contributed by atoms with Crippen LogP contribution < -0.4 is 24.8 Å². The zero-order chi connectivity index (χ0) is 16.8. The number of fused-ring (bicyclic) bond motifs is 2. The van der Waals surface area contributed by atoms with Gasteiger partial charge in [-0.3, -0.25) is 0 Å². The first-order chi connectivity index (χ1) is 12.3. The normalized spacial score (nSPS) is 17.2. The van der Waals surface area contributed by atoms with Gasteiger partial charge in [0.1, 0.15) is 0 Å². The molecule has 5 rings (SSSR count). The van der Waals surface area contributed by atoms with Crippen LogP contribution in [0.2, 0.25) is 0 Å². The molecule has 3 aromatic rings. The molecule has 0 bridgehead atoms. The molecule has 4 heteroatoms. The molecule has 2 aliphatic rings. The van der Waals surface area contributed by atoms with E-state index in [4.69, 9.17) is 0 Å². The van der Waals surface area contributed by atoms with E-state index >= 15 is 0 Å². The van der Waals surface area contributed by atoms with E-state index in [1.807, 2.05) is 0 Å². The third kappa shape index (κ3) is 3.56. The van der Waals surface area contributed by atoms with Crippen molar-refractivity contribution in [3.63, 3.8) is 0 Å². The first-order valence-corrected chi connectivity index (χ1v) is 11.5. The SMILES string of the molecule is CC1=[C]([Zr+2][CH]2C(n3ccc4ccccc43)=Cc3ccccc32)CC=C1.[Cl-].[Cl-]. The Morgan fingerprint density at radius 1 is 0.963 bits per heavy atom. The molecule has 0 fully saturated rings. The molecule has 0 aliphatic heterocycles. The minimum Gasteiger partial charge on any atom is -1.00 e. The van der Waals surface area contributed by atoms with Gasteiger partial charge in [-0.15, -0.1) is 0 Å². The third-order valence-electron chi connectivity index (χ3n) is 5.27. The van der Waals surface area contributed by atoms with Gasteiger partial charge in [-0.25, -0.2) is 0 Å². The van der Waals surface area contributed by atoms with Gasteiger partial charge in [0.2, 0.25) is 0 Å². The summed E-state index contributed by atoms with van der Waals surface area (Å²) in [5.74, 6) is 0. The Balaban J connectivity index is 0.00000105. The molecule has 1 aromatic heterocycles. The smallest absolute Gasteiger partial charge is 1.00 e. The minimum absolute atomic E-state index is 0. The van der Waals surface area contributed by atoms with Gasteiger partial charge in [0.05, 0.1) is 0 Å². The van der Waals surface area contributed by atoms with Crippen LogP contribution in [0.4, 0.5) is 0 Å². The van der Waals surface area contributed by atoms with Gasteiger partial charge in [-0.2, -0.15) is 0 Å². The second-order valence-electron chi connectivity index (χ2n) is 6.79. The fourth-order valence-electron chi connectivity index (χ4n) is 3.94. The Hall–Kier alpha value is -1.34. The van der Waals surface area contributed by atoms with Crippen LogP contribution in [0.15, 0.2) is 81.8 Å². The largest absolute Gasteiger partial charge is 1.00 e. The Labute approximate surface area is 184 Å². The summed E-state index contributed by atoms with van der Waals surface area (Å²) in [5.41, 5.74) is 7.26. The molecule has 1 atom stereocenters. The summed E-state index contributed by atoms with van der Waals surface area (Å²) in [7, 11) is 0. The molecule has 134 valence electrons. The quantitative estimate of drug-likeness (QED) is 0.508. The molecule has 1 unspecified atom stereocenters. The summed E-state index contributed by atoms with van der Waals surface area (Å²) in [4.78, 5) is 0. The Morgan fingerprint density at radius 3 is 2.56 bits per heavy atom. The molecule has 0 N–H and O–H groups in total. The van der Waals surface area contributed by atoms with Gasteiger partial charge < -0.3 is 24.8 Å². The fourth-order valence-corrected chi connectivity index (χ4v) is 8.08. The summed E-state index contributed by atoms with van der Waals surface area (Å²) in [6, 6.07) is 19.9. The average Bonchev–Trinajstić information content (AvgIpc) is 3.33. The zero-order valence-electron chi connectivity index (χ0n) is 15.0. The van der Waals surface area contributed by atoms with Crippen LogP contribution in [0, 0.1) is 0 Å². The number of para-hydroxylation sites is 1. The summed E-state index contributed by atoms with van der Waals surface area (Å²) in [6.45, 7) is 2.29. The molecular formula is C23H19Cl2NZr. The molecule has 0 amide bonds. The second-order valence-corrected chi connectivity index (χ2v) is 10.4. The van der Waals surface area contributed by atoms with E-state index in [1.54, 1.807) is 3.28 Å². The number of rotatable bonds is 3. The van der Waals surface area contributed by atoms with Crippen molar-refractivity contribution in [1.29, 1.82) is 0 Å². The van der Waals surface area contributed by atoms with E-state index in [2.05, 4.69) is 90.5 Å². The maximum absolute atomic E-state index is 2.43. The van der Waals surface area contributed by atoms with Gasteiger partial charge >= 0.3 is 160 Å². The van der Waals surface area contributed by atoms with Crippen LogP contribution in [-0.2, 0) is 23.2 Å². The average molecular weight is 472 g/mol. The predicted octanol–water partition coefficient (Wildman–Crippen LogP) is 0.0185. The minimum atomic E-state index is -0.737. The fraction of sp³-hybridized carbons (Fsp3) is 0.130. The Morgan fingerprint density at radius 2 is 1.74 bits per heavy atom. The summed E-state index contributed by atoms with van der Waals surface area (Å²) >= 11 is -0.737. The topological polar surface area (TPSA) is 4.93 Å². The van der Waals surface area contributed by atoms with Gasteiger partial charge in [0.25, 0.3) is 0 Å². The third-order valence-corrected chi connectivity index (χ3v) is 9.80. The molecule has 0 saturated carbocycles. The number of nitrogens with zero attached hydrogens (tertiary/aromatic N) is 1. The summed E-state index contributed by atoms with van der Waals surface area (Å²) in [5, 5.41) is 1.32. The number of hydrogen-bond acceptors (Lipinski definition) is 0. The maximum Gasteiger partial charge on any atom is -1.00 e. The van der Waals surface area contributed by atoms with Crippen LogP contribution in [0.5, 0.6) is 0 Å². The number of aromatic nitrogens is 1. The van der Waals surface area contributed by atoms with E-state index in [0.29, 0.717) is 3.63 Å². The van der Waals surface area contributed by atoms with Crippen molar-refractivity contribution >= 4 is 22.7 Å². The Kier molecular flexibility index (Phi) is 6.31. The first kappa shape index (κ1) is 20.4. The molecule has 0 saturated heterocycles. The number of hydrogen-bond donors (Lipinski definition) is 0. The van der Waals surface area contributed by atoms with Crippen molar-refractivity contribution in [2.75, 3.05) is 0 Å². The zero-order valence-corrected chi connectivity index (χ0v) is 19.0. The van der Waals surface area contributed by atoms with Crippen LogP contribution in [0.1, 0.15) is 28.1 Å².